The second-order valence-corrected chi connectivity index (χ2v) is 12.2. The molecule has 1 fully saturated rings. The van der Waals surface area contributed by atoms with Crippen LogP contribution in [0.3, 0.4) is 0 Å². The molecule has 2 aliphatic heterocycles. The van der Waals surface area contributed by atoms with Crippen molar-refractivity contribution in [2.45, 2.75) is 29.7 Å². The number of likely N-dealkylation sites (N-methyl/N-ethyl adjacent to an activating group) is 1. The molecule has 2 heterocycles. The molecule has 0 aromatic heterocycles. The molecule has 2 atom stereocenters. The van der Waals surface area contributed by atoms with Crippen molar-refractivity contribution in [2.24, 2.45) is 0 Å². The van der Waals surface area contributed by atoms with E-state index >= 15 is 0 Å². The van der Waals surface area contributed by atoms with Gasteiger partial charge in [-0.1, -0.05) is 12.1 Å². The van der Waals surface area contributed by atoms with E-state index in [1.54, 1.807) is 11.0 Å². The molecule has 0 saturated carbocycles. The largest absolute Gasteiger partial charge is 0.497 e. The van der Waals surface area contributed by atoms with Crippen molar-refractivity contribution in [1.82, 2.24) is 14.1 Å². The Balaban J connectivity index is 1.49. The number of amides is 1. The van der Waals surface area contributed by atoms with Crippen molar-refractivity contribution >= 4 is 15.9 Å². The number of aliphatic hydroxyl groups is 1. The van der Waals surface area contributed by atoms with Gasteiger partial charge in [-0.15, -0.1) is 0 Å². The number of benzene rings is 2. The zero-order valence-electron chi connectivity index (χ0n) is 24.0. The van der Waals surface area contributed by atoms with Crippen molar-refractivity contribution < 1.29 is 45.7 Å². The number of hydrogen-bond donors (Lipinski definition) is 1. The summed E-state index contributed by atoms with van der Waals surface area (Å²) in [7, 11) is -0.553. The first-order chi connectivity index (χ1) is 20.4. The number of piperazine rings is 1. The lowest BCUT2D eigenvalue weighted by atomic mass is 9.92. The van der Waals surface area contributed by atoms with Gasteiger partial charge in [0, 0.05) is 51.6 Å². The predicted octanol–water partition coefficient (Wildman–Crippen LogP) is 2.90. The third-order valence-corrected chi connectivity index (χ3v) is 9.33. The molecule has 0 unspecified atom stereocenters. The minimum absolute atomic E-state index is 0.0148. The normalized spacial score (nSPS) is 20.1. The first-order valence-corrected chi connectivity index (χ1v) is 15.3. The van der Waals surface area contributed by atoms with E-state index in [1.807, 2.05) is 7.05 Å². The van der Waals surface area contributed by atoms with Gasteiger partial charge in [0.2, 0.25) is 16.3 Å². The average Bonchev–Trinajstić information content (AvgIpc) is 3.00. The predicted molar refractivity (Wildman–Crippen MR) is 151 cm³/mol. The Hall–Kier alpha value is -3.17. The van der Waals surface area contributed by atoms with Gasteiger partial charge in [-0.25, -0.2) is 8.42 Å². The number of methoxy groups -OCH3 is 1. The molecule has 10 nitrogen and oxygen atoms in total. The molecule has 1 saturated heterocycles. The van der Waals surface area contributed by atoms with Gasteiger partial charge >= 0.3 is 6.18 Å². The minimum atomic E-state index is -4.48. The summed E-state index contributed by atoms with van der Waals surface area (Å²) >= 11 is 0. The topological polar surface area (TPSA) is 109 Å². The van der Waals surface area contributed by atoms with Crippen LogP contribution in [-0.2, 0) is 30.5 Å². The van der Waals surface area contributed by atoms with Crippen LogP contribution in [-0.4, -0.2) is 106 Å². The van der Waals surface area contributed by atoms with Crippen LogP contribution in [0.5, 0.6) is 5.75 Å². The van der Waals surface area contributed by atoms with E-state index in [0.717, 1.165) is 16.4 Å². The Kier molecular flexibility index (Phi) is 10.7. The van der Waals surface area contributed by atoms with Gasteiger partial charge in [-0.3, -0.25) is 4.79 Å². The molecular weight excluding hydrogens is 591 g/mol. The lowest BCUT2D eigenvalue weighted by molar-refractivity contribution is -0.153. The van der Waals surface area contributed by atoms with E-state index in [4.69, 9.17) is 14.2 Å². The Morgan fingerprint density at radius 2 is 1.70 bits per heavy atom. The van der Waals surface area contributed by atoms with Crippen LogP contribution in [0.4, 0.5) is 13.2 Å². The maximum absolute atomic E-state index is 13.4. The zero-order chi connectivity index (χ0) is 31.2. The highest BCUT2D eigenvalue weighted by Crippen LogP contribution is 2.35. The number of carbonyl (C=O) groups is 1. The van der Waals surface area contributed by atoms with E-state index in [9.17, 15) is 31.5 Å². The molecule has 2 aromatic rings. The molecule has 2 aromatic carbocycles. The molecule has 1 N–H and O–H groups in total. The maximum atomic E-state index is 13.4. The quantitative estimate of drug-likeness (QED) is 0.406. The van der Waals surface area contributed by atoms with Crippen molar-refractivity contribution in [3.05, 3.63) is 71.5 Å². The van der Waals surface area contributed by atoms with Gasteiger partial charge < -0.3 is 29.1 Å². The summed E-state index contributed by atoms with van der Waals surface area (Å²) in [6.45, 7) is 1.51. The second-order valence-electron chi connectivity index (χ2n) is 10.3. The summed E-state index contributed by atoms with van der Waals surface area (Å²) in [6, 6.07) is 10.6. The number of hydrogen-bond acceptors (Lipinski definition) is 8. The van der Waals surface area contributed by atoms with Crippen molar-refractivity contribution in [2.75, 3.05) is 66.6 Å². The number of allylic oxidation sites excluding steroid dienone is 1. The average molecular weight is 628 g/mol. The van der Waals surface area contributed by atoms with Gasteiger partial charge in [-0.2, -0.15) is 17.5 Å². The molecule has 2 aliphatic rings. The van der Waals surface area contributed by atoms with Crippen LogP contribution in [0, 0.1) is 0 Å². The summed E-state index contributed by atoms with van der Waals surface area (Å²) in [6.07, 6.45) is -3.65. The van der Waals surface area contributed by atoms with Gasteiger partial charge in [0.15, 0.2) is 5.76 Å². The van der Waals surface area contributed by atoms with Gasteiger partial charge in [-0.05, 0) is 55.1 Å². The lowest BCUT2D eigenvalue weighted by Crippen LogP contribution is -2.48. The molecule has 0 bridgehead atoms. The van der Waals surface area contributed by atoms with E-state index < -0.39 is 40.6 Å². The number of aliphatic hydroxyl groups excluding tert-OH is 1. The number of nitrogens with zero attached hydrogens (tertiary/aromatic N) is 3. The molecule has 4 rings (SSSR count). The smallest absolute Gasteiger partial charge is 0.416 e. The van der Waals surface area contributed by atoms with Gasteiger partial charge in [0.05, 0.1) is 30.8 Å². The number of halogens is 3. The first-order valence-electron chi connectivity index (χ1n) is 13.8. The van der Waals surface area contributed by atoms with Crippen molar-refractivity contribution in [1.29, 1.82) is 0 Å². The Morgan fingerprint density at radius 1 is 1.05 bits per heavy atom. The molecule has 0 radical (unpaired) electrons. The number of sulfonamides is 1. The summed E-state index contributed by atoms with van der Waals surface area (Å²) in [4.78, 5) is 17.1. The maximum Gasteiger partial charge on any atom is 0.416 e. The van der Waals surface area contributed by atoms with Crippen LogP contribution in [0.25, 0.3) is 0 Å². The van der Waals surface area contributed by atoms with E-state index in [-0.39, 0.29) is 42.7 Å². The highest BCUT2D eigenvalue weighted by molar-refractivity contribution is 7.89. The molecule has 43 heavy (non-hydrogen) atoms. The molecule has 0 spiro atoms. The second kappa shape index (κ2) is 14.1. The SMILES string of the molecule is COc1ccc(S(=O)(=O)N(CCO)CCO[C@H]2C[C@@H](c3ccc(C(F)(F)F)cc3)C=C(C(=O)N3CCN(C)CC3)O2)cc1. The minimum Gasteiger partial charge on any atom is -0.497 e. The van der Waals surface area contributed by atoms with E-state index in [2.05, 4.69) is 4.90 Å². The van der Waals surface area contributed by atoms with Crippen LogP contribution >= 0.6 is 0 Å². The molecule has 1 amide bonds. The summed E-state index contributed by atoms with van der Waals surface area (Å²) in [5, 5.41) is 9.53. The van der Waals surface area contributed by atoms with Crippen molar-refractivity contribution in [3.8, 4) is 5.75 Å². The number of ether oxygens (including phenoxy) is 3. The third kappa shape index (κ3) is 8.26. The molecule has 0 aliphatic carbocycles. The fourth-order valence-electron chi connectivity index (χ4n) is 4.87. The fourth-order valence-corrected chi connectivity index (χ4v) is 6.29. The highest BCUT2D eigenvalue weighted by atomic mass is 32.2. The van der Waals surface area contributed by atoms with Crippen LogP contribution in [0.15, 0.2) is 65.3 Å². The standard InChI is InChI=1S/C29H36F3N3O7S/c1-33-11-13-34(14-12-33)28(37)26-19-22(21-3-5-23(6-4-21)29(30,31)32)20-27(42-26)41-18-16-35(15-17-36)43(38,39)25-9-7-24(40-2)8-10-25/h3-10,19,22,27,36H,11-18,20H2,1-2H3/t22-,27+/m0/s1. The lowest BCUT2D eigenvalue weighted by Gasteiger charge is -2.35. The summed E-state index contributed by atoms with van der Waals surface area (Å²) in [5.41, 5.74) is -0.228. The van der Waals surface area contributed by atoms with Crippen molar-refractivity contribution in [3.63, 3.8) is 0 Å². The zero-order valence-corrected chi connectivity index (χ0v) is 24.8. The van der Waals surface area contributed by atoms with Gasteiger partial charge in [0.1, 0.15) is 5.75 Å². The fraction of sp³-hybridized carbons (Fsp3) is 0.483. The van der Waals surface area contributed by atoms with E-state index in [0.29, 0.717) is 37.5 Å². The first kappa shape index (κ1) is 32.7. The summed E-state index contributed by atoms with van der Waals surface area (Å²) in [5.74, 6) is -0.307. The van der Waals surface area contributed by atoms with Crippen LogP contribution in [0.1, 0.15) is 23.5 Å². The van der Waals surface area contributed by atoms with Crippen LogP contribution in [0.2, 0.25) is 0 Å². The Bertz CT molecular complexity index is 1360. The molecular formula is C29H36F3N3O7S. The number of carbonyl (C=O) groups excluding carboxylic acids is 1. The summed E-state index contributed by atoms with van der Waals surface area (Å²) < 4.78 is 83.9. The third-order valence-electron chi connectivity index (χ3n) is 7.42. The number of rotatable bonds is 11. The van der Waals surface area contributed by atoms with E-state index in [1.165, 1.54) is 43.5 Å². The Labute approximate surface area is 249 Å². The highest BCUT2D eigenvalue weighted by Gasteiger charge is 2.34. The van der Waals surface area contributed by atoms with Crippen LogP contribution < -0.4 is 4.74 Å². The molecule has 236 valence electrons. The van der Waals surface area contributed by atoms with Gasteiger partial charge in [0.25, 0.3) is 5.91 Å². The molecule has 14 heteroatoms. The Morgan fingerprint density at radius 3 is 2.28 bits per heavy atom. The number of alkyl halides is 3. The monoisotopic (exact) mass is 627 g/mol.